The normalized spacial score (nSPS) is 27.9. The number of fused-ring (bicyclic) bond motifs is 1. The number of piperidine rings is 1. The molecule has 0 saturated carbocycles. The van der Waals surface area contributed by atoms with Crippen LogP contribution in [0.2, 0.25) is 0 Å². The van der Waals surface area contributed by atoms with Crippen molar-refractivity contribution in [2.24, 2.45) is 11.8 Å². The molecule has 1 aromatic rings. The van der Waals surface area contributed by atoms with Crippen molar-refractivity contribution in [3.8, 4) is 0 Å². The van der Waals surface area contributed by atoms with Crippen LogP contribution in [0.4, 0.5) is 0 Å². The van der Waals surface area contributed by atoms with Crippen LogP contribution >= 0.6 is 11.3 Å². The summed E-state index contributed by atoms with van der Waals surface area (Å²) in [7, 11) is -3.57. The number of amides is 1. The fraction of sp³-hybridized carbons (Fsp3) is 0.722. The van der Waals surface area contributed by atoms with E-state index in [1.54, 1.807) is 15.8 Å². The van der Waals surface area contributed by atoms with Gasteiger partial charge in [-0.25, -0.2) is 8.42 Å². The zero-order valence-corrected chi connectivity index (χ0v) is 16.7. The second-order valence-electron chi connectivity index (χ2n) is 7.63. The molecule has 3 saturated heterocycles. The number of carbonyl (C=O) groups is 1. The molecule has 8 heteroatoms. The van der Waals surface area contributed by atoms with Gasteiger partial charge in [0.25, 0.3) is 5.91 Å². The Bertz CT molecular complexity index is 741. The molecule has 3 aliphatic rings. The Labute approximate surface area is 159 Å². The zero-order chi connectivity index (χ0) is 18.1. The number of sulfonamides is 1. The van der Waals surface area contributed by atoms with Gasteiger partial charge in [0.2, 0.25) is 10.0 Å². The number of carbonyl (C=O) groups excluding carboxylic acids is 1. The Balaban J connectivity index is 1.53. The molecule has 0 aromatic carbocycles. The Hall–Kier alpha value is -0.960. The van der Waals surface area contributed by atoms with Gasteiger partial charge in [-0.1, -0.05) is 6.42 Å². The molecule has 2 atom stereocenters. The first-order valence-corrected chi connectivity index (χ1v) is 12.0. The van der Waals surface area contributed by atoms with Gasteiger partial charge >= 0.3 is 0 Å². The Morgan fingerprint density at radius 1 is 1.04 bits per heavy atom. The summed E-state index contributed by atoms with van der Waals surface area (Å²) in [5.74, 6) is 1.18. The molecule has 0 aliphatic carbocycles. The molecular formula is C18H27N3O3S2. The maximum absolute atomic E-state index is 13.1. The van der Waals surface area contributed by atoms with Gasteiger partial charge in [0, 0.05) is 26.2 Å². The van der Waals surface area contributed by atoms with E-state index < -0.39 is 10.0 Å². The Kier molecular flexibility index (Phi) is 5.36. The van der Waals surface area contributed by atoms with Crippen LogP contribution < -0.4 is 5.32 Å². The number of nitrogens with zero attached hydrogens (tertiary/aromatic N) is 2. The second kappa shape index (κ2) is 7.58. The summed E-state index contributed by atoms with van der Waals surface area (Å²) in [6.45, 7) is 4.66. The van der Waals surface area contributed by atoms with Gasteiger partial charge in [0.1, 0.15) is 9.77 Å². The molecule has 26 heavy (non-hydrogen) atoms. The molecule has 4 heterocycles. The summed E-state index contributed by atoms with van der Waals surface area (Å²) in [4.78, 5) is 15.6. The van der Waals surface area contributed by atoms with Crippen molar-refractivity contribution in [1.82, 2.24) is 14.5 Å². The molecule has 0 bridgehead atoms. The molecule has 144 valence electrons. The standard InChI is InChI=1S/C18H27N3O3S2/c22-18(20-9-4-14-12-19-13-15(14)5-10-20)17-16(6-11-25-17)26(23,24)21-7-2-1-3-8-21/h6,11,14-15,19H,1-5,7-10,12-13H2/t14-,15+. The topological polar surface area (TPSA) is 69.7 Å². The van der Waals surface area contributed by atoms with E-state index in [9.17, 15) is 13.2 Å². The molecule has 1 aromatic heterocycles. The number of hydrogen-bond donors (Lipinski definition) is 1. The lowest BCUT2D eigenvalue weighted by Gasteiger charge is -2.26. The lowest BCUT2D eigenvalue weighted by Crippen LogP contribution is -2.37. The van der Waals surface area contributed by atoms with Crippen LogP contribution in [0.3, 0.4) is 0 Å². The van der Waals surface area contributed by atoms with Crippen molar-refractivity contribution in [3.63, 3.8) is 0 Å². The third kappa shape index (κ3) is 3.44. The van der Waals surface area contributed by atoms with Crippen LogP contribution in [0, 0.1) is 11.8 Å². The first-order valence-electron chi connectivity index (χ1n) is 9.65. The molecule has 4 rings (SSSR count). The third-order valence-electron chi connectivity index (χ3n) is 6.06. The van der Waals surface area contributed by atoms with Crippen LogP contribution in [0.15, 0.2) is 16.3 Å². The van der Waals surface area contributed by atoms with Crippen molar-refractivity contribution in [2.75, 3.05) is 39.3 Å². The van der Waals surface area contributed by atoms with E-state index in [0.717, 1.165) is 58.3 Å². The largest absolute Gasteiger partial charge is 0.338 e. The van der Waals surface area contributed by atoms with Gasteiger partial charge < -0.3 is 10.2 Å². The minimum Gasteiger partial charge on any atom is -0.338 e. The molecule has 3 aliphatic heterocycles. The third-order valence-corrected chi connectivity index (χ3v) is 9.04. The summed E-state index contributed by atoms with van der Waals surface area (Å²) < 4.78 is 27.6. The Morgan fingerprint density at radius 3 is 2.35 bits per heavy atom. The van der Waals surface area contributed by atoms with E-state index in [4.69, 9.17) is 0 Å². The van der Waals surface area contributed by atoms with E-state index in [1.165, 1.54) is 11.3 Å². The highest BCUT2D eigenvalue weighted by atomic mass is 32.2. The minimum atomic E-state index is -3.57. The van der Waals surface area contributed by atoms with Crippen molar-refractivity contribution < 1.29 is 13.2 Å². The summed E-state index contributed by atoms with van der Waals surface area (Å²) >= 11 is 1.26. The molecule has 0 spiro atoms. The van der Waals surface area contributed by atoms with Gasteiger partial charge in [-0.3, -0.25) is 4.79 Å². The molecule has 6 nitrogen and oxygen atoms in total. The molecule has 1 N–H and O–H groups in total. The summed E-state index contributed by atoms with van der Waals surface area (Å²) in [5.41, 5.74) is 0. The molecule has 1 amide bonds. The highest BCUT2D eigenvalue weighted by Crippen LogP contribution is 2.31. The predicted molar refractivity (Wildman–Crippen MR) is 102 cm³/mol. The average Bonchev–Trinajstić information content (AvgIpc) is 3.28. The van der Waals surface area contributed by atoms with Gasteiger partial charge in [0.05, 0.1) is 0 Å². The van der Waals surface area contributed by atoms with Crippen molar-refractivity contribution in [3.05, 3.63) is 16.3 Å². The smallest absolute Gasteiger partial charge is 0.265 e. The average molecular weight is 398 g/mol. The van der Waals surface area contributed by atoms with E-state index in [-0.39, 0.29) is 10.8 Å². The summed E-state index contributed by atoms with van der Waals surface area (Å²) in [5, 5.41) is 5.18. The van der Waals surface area contributed by atoms with E-state index in [0.29, 0.717) is 29.8 Å². The van der Waals surface area contributed by atoms with Gasteiger partial charge in [-0.05, 0) is 62.1 Å². The maximum Gasteiger partial charge on any atom is 0.265 e. The number of nitrogens with one attached hydrogen (secondary N) is 1. The maximum atomic E-state index is 13.1. The number of thiophene rings is 1. The van der Waals surface area contributed by atoms with E-state index in [1.807, 2.05) is 4.90 Å². The van der Waals surface area contributed by atoms with E-state index >= 15 is 0 Å². The summed E-state index contributed by atoms with van der Waals surface area (Å²) in [6, 6.07) is 1.61. The highest BCUT2D eigenvalue weighted by molar-refractivity contribution is 7.89. The van der Waals surface area contributed by atoms with Crippen LogP contribution in [-0.4, -0.2) is 62.8 Å². The number of hydrogen-bond acceptors (Lipinski definition) is 5. The monoisotopic (exact) mass is 397 g/mol. The minimum absolute atomic E-state index is 0.108. The van der Waals surface area contributed by atoms with Crippen LogP contribution in [0.5, 0.6) is 0 Å². The van der Waals surface area contributed by atoms with Crippen LogP contribution in [0.25, 0.3) is 0 Å². The molecule has 0 radical (unpaired) electrons. The highest BCUT2D eigenvalue weighted by Gasteiger charge is 2.35. The lowest BCUT2D eigenvalue weighted by molar-refractivity contribution is 0.0759. The molecule has 0 unspecified atom stereocenters. The fourth-order valence-electron chi connectivity index (χ4n) is 4.47. The zero-order valence-electron chi connectivity index (χ0n) is 15.0. The van der Waals surface area contributed by atoms with Gasteiger partial charge in [0.15, 0.2) is 0 Å². The van der Waals surface area contributed by atoms with Gasteiger partial charge in [-0.15, -0.1) is 11.3 Å². The number of rotatable bonds is 3. The Morgan fingerprint density at radius 2 is 1.69 bits per heavy atom. The second-order valence-corrected chi connectivity index (χ2v) is 10.4. The van der Waals surface area contributed by atoms with Crippen molar-refractivity contribution in [1.29, 1.82) is 0 Å². The molecular weight excluding hydrogens is 370 g/mol. The predicted octanol–water partition coefficient (Wildman–Crippen LogP) is 1.99. The fourth-order valence-corrected chi connectivity index (χ4v) is 7.35. The first kappa shape index (κ1) is 18.4. The van der Waals surface area contributed by atoms with Crippen LogP contribution in [0.1, 0.15) is 41.8 Å². The quantitative estimate of drug-likeness (QED) is 0.847. The molecule has 3 fully saturated rings. The van der Waals surface area contributed by atoms with Crippen LogP contribution in [-0.2, 0) is 10.0 Å². The summed E-state index contributed by atoms with van der Waals surface area (Å²) in [6.07, 6.45) is 4.88. The van der Waals surface area contributed by atoms with E-state index in [2.05, 4.69) is 5.32 Å². The van der Waals surface area contributed by atoms with Gasteiger partial charge in [-0.2, -0.15) is 4.31 Å². The number of likely N-dealkylation sites (tertiary alicyclic amines) is 1. The lowest BCUT2D eigenvalue weighted by atomic mass is 9.92. The SMILES string of the molecule is O=C(c1sccc1S(=O)(=O)N1CCCCC1)N1CC[C@@H]2CNC[C@@H]2CC1. The first-order chi connectivity index (χ1) is 12.6. The van der Waals surface area contributed by atoms with Crippen molar-refractivity contribution in [2.45, 2.75) is 37.0 Å². The van der Waals surface area contributed by atoms with Crippen molar-refractivity contribution >= 4 is 27.3 Å².